The number of nitrogens with one attached hydrogen (secondary N) is 2. The van der Waals surface area contributed by atoms with Crippen LogP contribution in [-0.2, 0) is 14.4 Å². The van der Waals surface area contributed by atoms with Crippen LogP contribution in [0.4, 0.5) is 24.5 Å². The van der Waals surface area contributed by atoms with Crippen LogP contribution in [0.5, 0.6) is 0 Å². The van der Waals surface area contributed by atoms with Crippen molar-refractivity contribution in [3.63, 3.8) is 0 Å². The summed E-state index contributed by atoms with van der Waals surface area (Å²) in [6.07, 6.45) is -4.96. The van der Waals surface area contributed by atoms with E-state index in [9.17, 15) is 27.6 Å². The molecule has 0 aromatic heterocycles. The van der Waals surface area contributed by atoms with Crippen molar-refractivity contribution in [3.8, 4) is 0 Å². The molecule has 1 aliphatic rings. The average molecular weight is 419 g/mol. The third kappa shape index (κ3) is 4.97. The fourth-order valence-corrected chi connectivity index (χ4v) is 3.31. The molecule has 3 amide bonds. The monoisotopic (exact) mass is 419 g/mol. The highest BCUT2D eigenvalue weighted by Crippen LogP contribution is 2.29. The first-order valence-electron chi connectivity index (χ1n) is 9.28. The van der Waals surface area contributed by atoms with Crippen LogP contribution in [-0.4, -0.2) is 35.3 Å². The van der Waals surface area contributed by atoms with Gasteiger partial charge in [-0.1, -0.05) is 36.4 Å². The molecule has 0 bridgehead atoms. The van der Waals surface area contributed by atoms with Gasteiger partial charge in [0, 0.05) is 24.3 Å². The predicted molar refractivity (Wildman–Crippen MR) is 104 cm³/mol. The summed E-state index contributed by atoms with van der Waals surface area (Å²) in [7, 11) is 0. The van der Waals surface area contributed by atoms with E-state index in [2.05, 4.69) is 5.32 Å². The van der Waals surface area contributed by atoms with Crippen LogP contribution in [0.25, 0.3) is 0 Å². The zero-order valence-corrected chi connectivity index (χ0v) is 16.1. The number of carbonyl (C=O) groups is 3. The summed E-state index contributed by atoms with van der Waals surface area (Å²) in [5.74, 6) is -3.24. The molecular weight excluding hydrogens is 399 g/mol. The Morgan fingerprint density at radius 2 is 1.67 bits per heavy atom. The van der Waals surface area contributed by atoms with E-state index >= 15 is 0 Å². The number of rotatable bonds is 5. The zero-order valence-electron chi connectivity index (χ0n) is 16.1. The van der Waals surface area contributed by atoms with Gasteiger partial charge in [-0.25, -0.2) is 0 Å². The summed E-state index contributed by atoms with van der Waals surface area (Å²) < 4.78 is 37.2. The molecule has 0 spiro atoms. The fourth-order valence-electron chi connectivity index (χ4n) is 3.31. The van der Waals surface area contributed by atoms with Crippen molar-refractivity contribution in [2.75, 3.05) is 17.2 Å². The summed E-state index contributed by atoms with van der Waals surface area (Å²) in [5, 5.41) is 4.34. The van der Waals surface area contributed by atoms with Gasteiger partial charge in [-0.15, -0.1) is 0 Å². The summed E-state index contributed by atoms with van der Waals surface area (Å²) in [5.41, 5.74) is 1.08. The Hall–Kier alpha value is -3.36. The lowest BCUT2D eigenvalue weighted by atomic mass is 10.1. The van der Waals surface area contributed by atoms with Gasteiger partial charge in [-0.2, -0.15) is 13.2 Å². The molecule has 2 N–H and O–H groups in total. The van der Waals surface area contributed by atoms with E-state index in [1.807, 2.05) is 37.3 Å². The Kier molecular flexibility index (Phi) is 6.09. The molecule has 30 heavy (non-hydrogen) atoms. The number of halogens is 3. The summed E-state index contributed by atoms with van der Waals surface area (Å²) in [6, 6.07) is 14.7. The van der Waals surface area contributed by atoms with Crippen molar-refractivity contribution in [1.29, 1.82) is 0 Å². The molecule has 2 aromatic rings. The van der Waals surface area contributed by atoms with Gasteiger partial charge in [-0.3, -0.25) is 14.4 Å². The van der Waals surface area contributed by atoms with Crippen LogP contribution in [0.2, 0.25) is 0 Å². The largest absolute Gasteiger partial charge is 0.471 e. The van der Waals surface area contributed by atoms with Gasteiger partial charge >= 0.3 is 12.1 Å². The van der Waals surface area contributed by atoms with Crippen molar-refractivity contribution < 1.29 is 27.6 Å². The number of amides is 3. The lowest BCUT2D eigenvalue weighted by molar-refractivity contribution is -0.167. The van der Waals surface area contributed by atoms with Crippen molar-refractivity contribution in [3.05, 3.63) is 60.2 Å². The van der Waals surface area contributed by atoms with E-state index < -0.39 is 23.9 Å². The quantitative estimate of drug-likeness (QED) is 0.775. The van der Waals surface area contributed by atoms with Gasteiger partial charge in [0.1, 0.15) is 0 Å². The first kappa shape index (κ1) is 21.4. The number of carbonyl (C=O) groups excluding carboxylic acids is 3. The zero-order chi connectivity index (χ0) is 21.9. The second kappa shape index (κ2) is 8.56. The third-order valence-electron chi connectivity index (χ3n) is 4.92. The van der Waals surface area contributed by atoms with Crippen LogP contribution in [0, 0.1) is 5.92 Å². The Labute approximate surface area is 171 Å². The number of anilines is 2. The molecule has 0 radical (unpaired) electrons. The molecule has 1 aliphatic heterocycles. The third-order valence-corrected chi connectivity index (χ3v) is 4.92. The van der Waals surface area contributed by atoms with E-state index in [1.165, 1.54) is 24.3 Å². The molecule has 0 aliphatic carbocycles. The maximum Gasteiger partial charge on any atom is 0.471 e. The van der Waals surface area contributed by atoms with Crippen molar-refractivity contribution in [2.24, 2.45) is 5.92 Å². The summed E-state index contributed by atoms with van der Waals surface area (Å²) in [4.78, 5) is 37.7. The number of benzene rings is 2. The Balaban J connectivity index is 1.63. The van der Waals surface area contributed by atoms with E-state index in [-0.39, 0.29) is 36.3 Å². The molecule has 1 heterocycles. The second-order valence-corrected chi connectivity index (χ2v) is 7.06. The number of hydrogen-bond donors (Lipinski definition) is 2. The summed E-state index contributed by atoms with van der Waals surface area (Å²) in [6.45, 7) is 2.13. The van der Waals surface area contributed by atoms with Crippen LogP contribution in [0.15, 0.2) is 54.6 Å². The molecule has 2 aromatic carbocycles. The number of likely N-dealkylation sites (tertiary alicyclic amines) is 1. The molecular formula is C21H20F3N3O3. The molecule has 158 valence electrons. The number of hydrogen-bond acceptors (Lipinski definition) is 3. The van der Waals surface area contributed by atoms with E-state index in [0.29, 0.717) is 0 Å². The van der Waals surface area contributed by atoms with Crippen molar-refractivity contribution >= 4 is 29.1 Å². The van der Waals surface area contributed by atoms with E-state index in [4.69, 9.17) is 0 Å². The van der Waals surface area contributed by atoms with Gasteiger partial charge in [-0.05, 0) is 30.7 Å². The second-order valence-electron chi connectivity index (χ2n) is 7.06. The first-order chi connectivity index (χ1) is 14.1. The lowest BCUT2D eigenvalue weighted by Gasteiger charge is -2.25. The predicted octanol–water partition coefficient (Wildman–Crippen LogP) is 3.74. The molecule has 9 heteroatoms. The van der Waals surface area contributed by atoms with Crippen molar-refractivity contribution in [1.82, 2.24) is 4.90 Å². The van der Waals surface area contributed by atoms with Crippen LogP contribution in [0.3, 0.4) is 0 Å². The van der Waals surface area contributed by atoms with Crippen LogP contribution >= 0.6 is 0 Å². The molecule has 1 fully saturated rings. The van der Waals surface area contributed by atoms with Gasteiger partial charge in [0.05, 0.1) is 12.0 Å². The normalized spacial score (nSPS) is 17.5. The molecule has 3 rings (SSSR count). The van der Waals surface area contributed by atoms with Gasteiger partial charge < -0.3 is 15.5 Å². The van der Waals surface area contributed by atoms with Crippen LogP contribution in [0.1, 0.15) is 24.9 Å². The number of nitrogens with zero attached hydrogens (tertiary/aromatic N) is 1. The Morgan fingerprint density at radius 3 is 2.30 bits per heavy atom. The minimum absolute atomic E-state index is 0.0491. The standard InChI is InChI=1S/C21H20F3N3O3/c1-13(14-6-3-2-4-7-14)27-12-15(10-18(27)28)19(29)25-16-8-5-9-17(11-16)26-20(30)21(22,23)24/h2-9,11,13,15H,10,12H2,1H3,(H,25,29)(H,26,30). The fraction of sp³-hybridized carbons (Fsp3) is 0.286. The molecule has 2 atom stereocenters. The average Bonchev–Trinajstić information content (AvgIpc) is 3.09. The lowest BCUT2D eigenvalue weighted by Crippen LogP contribution is -2.31. The highest BCUT2D eigenvalue weighted by atomic mass is 19.4. The van der Waals surface area contributed by atoms with E-state index in [0.717, 1.165) is 5.56 Å². The molecule has 6 nitrogen and oxygen atoms in total. The SMILES string of the molecule is CC(c1ccccc1)N1CC(C(=O)Nc2cccc(NC(=O)C(F)(F)F)c2)CC1=O. The number of alkyl halides is 3. The minimum Gasteiger partial charge on any atom is -0.335 e. The van der Waals surface area contributed by atoms with Gasteiger partial charge in [0.25, 0.3) is 0 Å². The molecule has 0 saturated carbocycles. The Morgan fingerprint density at radius 1 is 1.03 bits per heavy atom. The Bertz CT molecular complexity index is 947. The van der Waals surface area contributed by atoms with E-state index in [1.54, 1.807) is 10.2 Å². The van der Waals surface area contributed by atoms with Gasteiger partial charge in [0.2, 0.25) is 11.8 Å². The topological polar surface area (TPSA) is 78.5 Å². The molecule has 2 unspecified atom stereocenters. The summed E-state index contributed by atoms with van der Waals surface area (Å²) >= 11 is 0. The maximum absolute atomic E-state index is 12.6. The highest BCUT2D eigenvalue weighted by Gasteiger charge is 2.39. The molecule has 1 saturated heterocycles. The minimum atomic E-state index is -5.01. The highest BCUT2D eigenvalue weighted by molar-refractivity contribution is 5.99. The first-order valence-corrected chi connectivity index (χ1v) is 9.28. The maximum atomic E-state index is 12.6. The van der Waals surface area contributed by atoms with Crippen molar-refractivity contribution in [2.45, 2.75) is 25.6 Å². The van der Waals surface area contributed by atoms with Gasteiger partial charge in [0.15, 0.2) is 0 Å². The van der Waals surface area contributed by atoms with Crippen LogP contribution < -0.4 is 10.6 Å². The smallest absolute Gasteiger partial charge is 0.335 e.